The number of carbonyl (C=O) groups excluding carboxylic acids is 1. The first-order valence-corrected chi connectivity index (χ1v) is 3.10. The molecule has 1 aromatic carbocycles. The molecule has 0 saturated heterocycles. The number of halogens is 1. The summed E-state index contributed by atoms with van der Waals surface area (Å²) in [6, 6.07) is 8.80. The van der Waals surface area contributed by atoms with Gasteiger partial charge in [-0.3, -0.25) is 0 Å². The van der Waals surface area contributed by atoms with Crippen LogP contribution in [0.4, 0.5) is 0 Å². The van der Waals surface area contributed by atoms with Crippen LogP contribution >= 0.6 is 12.4 Å². The van der Waals surface area contributed by atoms with Gasteiger partial charge in [-0.2, -0.15) is 0 Å². The van der Waals surface area contributed by atoms with E-state index in [1.54, 1.807) is 0 Å². The molecular weight excluding hydrogens is 162 g/mol. The first-order chi connectivity index (χ1) is 4.84. The van der Waals surface area contributed by atoms with Gasteiger partial charge in [0.25, 0.3) is 0 Å². The van der Waals surface area contributed by atoms with E-state index in [9.17, 15) is 4.79 Å². The molecule has 0 radical (unpaired) electrons. The normalized spacial score (nSPS) is 11.4. The Labute approximate surface area is 71.8 Å². The van der Waals surface area contributed by atoms with Gasteiger partial charge in [0.2, 0.25) is 0 Å². The van der Waals surface area contributed by atoms with Crippen LogP contribution in [0.15, 0.2) is 30.3 Å². The summed E-state index contributed by atoms with van der Waals surface area (Å²) in [5.41, 5.74) is 6.29. The summed E-state index contributed by atoms with van der Waals surface area (Å²) in [6.45, 7) is 0. The highest BCUT2D eigenvalue weighted by molar-refractivity contribution is 5.85. The fraction of sp³-hybridized carbons (Fsp3) is 0.125. The molecule has 1 rings (SSSR count). The average molecular weight is 172 g/mol. The third kappa shape index (κ3) is 2.70. The summed E-state index contributed by atoms with van der Waals surface area (Å²) in [5.74, 6) is 0. The monoisotopic (exact) mass is 171 g/mol. The van der Waals surface area contributed by atoms with Crippen LogP contribution in [0.1, 0.15) is 11.6 Å². The zero-order valence-electron chi connectivity index (χ0n) is 5.94. The molecule has 0 bridgehead atoms. The van der Waals surface area contributed by atoms with Crippen molar-refractivity contribution in [3.63, 3.8) is 0 Å². The molecule has 0 aliphatic rings. The van der Waals surface area contributed by atoms with Crippen LogP contribution in [0.3, 0.4) is 0 Å². The quantitative estimate of drug-likeness (QED) is 0.682. The Bertz CT molecular complexity index is 213. The lowest BCUT2D eigenvalue weighted by Crippen LogP contribution is -2.10. The van der Waals surface area contributed by atoms with Crippen molar-refractivity contribution in [1.29, 1.82) is 0 Å². The molecule has 0 aliphatic carbocycles. The largest absolute Gasteiger partial charge is 0.318 e. The van der Waals surface area contributed by atoms with E-state index in [-0.39, 0.29) is 12.4 Å². The van der Waals surface area contributed by atoms with Crippen LogP contribution in [-0.4, -0.2) is 6.29 Å². The van der Waals surface area contributed by atoms with Gasteiger partial charge in [0, 0.05) is 0 Å². The maximum absolute atomic E-state index is 10.2. The van der Waals surface area contributed by atoms with Gasteiger partial charge in [0.05, 0.1) is 6.04 Å². The standard InChI is InChI=1S/C8H9NO.ClH/c9-8(6-10)7-4-2-1-3-5-7;/h1-6,8H,9H2;1H/t8-;/m1./s1. The van der Waals surface area contributed by atoms with Crippen LogP contribution in [0, 0.1) is 0 Å². The lowest BCUT2D eigenvalue weighted by Gasteiger charge is -2.00. The van der Waals surface area contributed by atoms with Crippen molar-refractivity contribution < 1.29 is 4.79 Å². The Hall–Kier alpha value is -0.860. The second-order valence-corrected chi connectivity index (χ2v) is 2.07. The van der Waals surface area contributed by atoms with Crippen LogP contribution in [0.25, 0.3) is 0 Å². The Morgan fingerprint density at radius 3 is 2.27 bits per heavy atom. The van der Waals surface area contributed by atoms with Crippen molar-refractivity contribution in [2.45, 2.75) is 6.04 Å². The molecule has 2 nitrogen and oxygen atoms in total. The molecule has 60 valence electrons. The number of carbonyl (C=O) groups is 1. The lowest BCUT2D eigenvalue weighted by atomic mass is 10.1. The minimum atomic E-state index is -0.471. The smallest absolute Gasteiger partial charge is 0.141 e. The molecule has 0 aromatic heterocycles. The SMILES string of the molecule is Cl.N[C@H](C=O)c1ccccc1. The molecule has 3 heteroatoms. The average Bonchev–Trinajstić information content (AvgIpc) is 2.05. The molecule has 11 heavy (non-hydrogen) atoms. The van der Waals surface area contributed by atoms with Crippen LogP contribution in [-0.2, 0) is 4.79 Å². The van der Waals surface area contributed by atoms with Crippen molar-refractivity contribution in [3.05, 3.63) is 35.9 Å². The van der Waals surface area contributed by atoms with Crippen molar-refractivity contribution in [2.75, 3.05) is 0 Å². The topological polar surface area (TPSA) is 43.1 Å². The summed E-state index contributed by atoms with van der Waals surface area (Å²) >= 11 is 0. The predicted octanol–water partition coefficient (Wildman–Crippen LogP) is 1.31. The summed E-state index contributed by atoms with van der Waals surface area (Å²) < 4.78 is 0. The molecule has 0 aliphatic heterocycles. The number of aldehydes is 1. The summed E-state index contributed by atoms with van der Waals surface area (Å²) in [7, 11) is 0. The van der Waals surface area contributed by atoms with E-state index in [2.05, 4.69) is 0 Å². The van der Waals surface area contributed by atoms with E-state index in [0.29, 0.717) is 0 Å². The molecule has 2 N–H and O–H groups in total. The summed E-state index contributed by atoms with van der Waals surface area (Å²) in [4.78, 5) is 10.2. The maximum atomic E-state index is 10.2. The minimum Gasteiger partial charge on any atom is -0.318 e. The molecule has 0 unspecified atom stereocenters. The highest BCUT2D eigenvalue weighted by atomic mass is 35.5. The summed E-state index contributed by atoms with van der Waals surface area (Å²) in [6.07, 6.45) is 0.731. The van der Waals surface area contributed by atoms with Crippen molar-refractivity contribution >= 4 is 18.7 Å². The van der Waals surface area contributed by atoms with Crippen LogP contribution < -0.4 is 5.73 Å². The number of benzene rings is 1. The molecule has 0 fully saturated rings. The lowest BCUT2D eigenvalue weighted by molar-refractivity contribution is -0.109. The number of hydrogen-bond donors (Lipinski definition) is 1. The first-order valence-electron chi connectivity index (χ1n) is 3.10. The highest BCUT2D eigenvalue weighted by Gasteiger charge is 1.99. The van der Waals surface area contributed by atoms with E-state index in [1.807, 2.05) is 30.3 Å². The van der Waals surface area contributed by atoms with Gasteiger partial charge >= 0.3 is 0 Å². The highest BCUT2D eigenvalue weighted by Crippen LogP contribution is 2.05. The zero-order valence-corrected chi connectivity index (χ0v) is 6.75. The van der Waals surface area contributed by atoms with E-state index in [4.69, 9.17) is 5.73 Å². The van der Waals surface area contributed by atoms with Gasteiger partial charge in [-0.1, -0.05) is 30.3 Å². The van der Waals surface area contributed by atoms with Gasteiger partial charge in [0.1, 0.15) is 6.29 Å². The second kappa shape index (κ2) is 4.88. The van der Waals surface area contributed by atoms with Crippen molar-refractivity contribution in [1.82, 2.24) is 0 Å². The van der Waals surface area contributed by atoms with E-state index in [1.165, 1.54) is 0 Å². The minimum absolute atomic E-state index is 0. The predicted molar refractivity (Wildman–Crippen MR) is 46.7 cm³/mol. The summed E-state index contributed by atoms with van der Waals surface area (Å²) in [5, 5.41) is 0. The van der Waals surface area contributed by atoms with Crippen LogP contribution in [0.2, 0.25) is 0 Å². The van der Waals surface area contributed by atoms with E-state index < -0.39 is 6.04 Å². The van der Waals surface area contributed by atoms with Crippen molar-refractivity contribution in [2.24, 2.45) is 5.73 Å². The van der Waals surface area contributed by atoms with E-state index in [0.717, 1.165) is 11.8 Å². The zero-order chi connectivity index (χ0) is 7.40. The molecular formula is C8H10ClNO. The molecule has 1 atom stereocenters. The maximum Gasteiger partial charge on any atom is 0.141 e. The van der Waals surface area contributed by atoms with Gasteiger partial charge in [-0.15, -0.1) is 12.4 Å². The van der Waals surface area contributed by atoms with Crippen LogP contribution in [0.5, 0.6) is 0 Å². The molecule has 0 amide bonds. The third-order valence-electron chi connectivity index (χ3n) is 1.33. The van der Waals surface area contributed by atoms with E-state index >= 15 is 0 Å². The Kier molecular flexibility index (Phi) is 4.50. The molecule has 1 aromatic rings. The first kappa shape index (κ1) is 10.1. The van der Waals surface area contributed by atoms with Gasteiger partial charge < -0.3 is 10.5 Å². The fourth-order valence-corrected chi connectivity index (χ4v) is 0.754. The number of hydrogen-bond acceptors (Lipinski definition) is 2. The second-order valence-electron chi connectivity index (χ2n) is 2.07. The molecule has 0 spiro atoms. The van der Waals surface area contributed by atoms with Gasteiger partial charge in [0.15, 0.2) is 0 Å². The number of nitrogens with two attached hydrogens (primary N) is 1. The van der Waals surface area contributed by atoms with Gasteiger partial charge in [-0.05, 0) is 5.56 Å². The number of rotatable bonds is 2. The van der Waals surface area contributed by atoms with Crippen molar-refractivity contribution in [3.8, 4) is 0 Å². The Morgan fingerprint density at radius 2 is 1.82 bits per heavy atom. The fourth-order valence-electron chi connectivity index (χ4n) is 0.754. The third-order valence-corrected chi connectivity index (χ3v) is 1.33. The molecule has 0 saturated carbocycles. The van der Waals surface area contributed by atoms with Gasteiger partial charge in [-0.25, -0.2) is 0 Å². The Balaban J connectivity index is 0.000001000. The molecule has 0 heterocycles. The Morgan fingerprint density at radius 1 is 1.27 bits per heavy atom.